The van der Waals surface area contributed by atoms with Gasteiger partial charge in [0.15, 0.2) is 0 Å². The Hall–Kier alpha value is -1.56. The van der Waals surface area contributed by atoms with Crippen LogP contribution in [0.1, 0.15) is 23.7 Å². The van der Waals surface area contributed by atoms with Gasteiger partial charge in [-0.15, -0.1) is 0 Å². The molecule has 2 atom stereocenters. The van der Waals surface area contributed by atoms with Gasteiger partial charge in [-0.25, -0.2) is 0 Å². The monoisotopic (exact) mass is 341 g/mol. The second-order valence-corrected chi connectivity index (χ2v) is 5.67. The molecule has 6 heteroatoms. The van der Waals surface area contributed by atoms with Crippen molar-refractivity contribution >= 4 is 27.8 Å². The average molecular weight is 342 g/mol. The molecule has 0 bridgehead atoms. The number of rotatable bonds is 3. The van der Waals surface area contributed by atoms with Crippen LogP contribution in [-0.4, -0.2) is 41.6 Å². The second kappa shape index (κ2) is 5.83. The summed E-state index contributed by atoms with van der Waals surface area (Å²) in [5.74, 6) is -0.925. The number of nitrogens with zero attached hydrogens (tertiary/aromatic N) is 1. The number of amides is 1. The Morgan fingerprint density at radius 3 is 2.70 bits per heavy atom. The minimum absolute atomic E-state index is 0.174. The third kappa shape index (κ3) is 2.65. The molecule has 1 aromatic carbocycles. The number of aliphatic carboxylic acids is 1. The number of likely N-dealkylation sites (tertiary alicyclic amines) is 1. The fourth-order valence-corrected chi connectivity index (χ4v) is 2.92. The number of ether oxygens (including phenoxy) is 1. The molecule has 1 heterocycles. The number of methoxy groups -OCH3 is 1. The van der Waals surface area contributed by atoms with Crippen molar-refractivity contribution in [2.24, 2.45) is 5.92 Å². The van der Waals surface area contributed by atoms with Crippen LogP contribution in [0.15, 0.2) is 22.7 Å². The van der Waals surface area contributed by atoms with E-state index < -0.39 is 11.9 Å². The molecule has 1 fully saturated rings. The summed E-state index contributed by atoms with van der Waals surface area (Å²) in [5.41, 5.74) is 0.488. The molecule has 20 heavy (non-hydrogen) atoms. The first-order chi connectivity index (χ1) is 9.45. The van der Waals surface area contributed by atoms with E-state index >= 15 is 0 Å². The van der Waals surface area contributed by atoms with Crippen LogP contribution in [-0.2, 0) is 4.79 Å². The lowest BCUT2D eigenvalue weighted by atomic mass is 10.0. The Kier molecular flexibility index (Phi) is 4.32. The van der Waals surface area contributed by atoms with Gasteiger partial charge in [0, 0.05) is 17.1 Å². The molecule has 1 saturated heterocycles. The van der Waals surface area contributed by atoms with Crippen molar-refractivity contribution in [2.45, 2.75) is 19.4 Å². The number of carbonyl (C=O) groups is 2. The Labute approximate surface area is 125 Å². The van der Waals surface area contributed by atoms with Gasteiger partial charge in [0.25, 0.3) is 5.91 Å². The van der Waals surface area contributed by atoms with Gasteiger partial charge in [-0.05, 0) is 47.5 Å². The lowest BCUT2D eigenvalue weighted by Gasteiger charge is -2.24. The molecular formula is C14H16BrNO4. The zero-order valence-electron chi connectivity index (χ0n) is 11.3. The van der Waals surface area contributed by atoms with Crippen LogP contribution in [0.25, 0.3) is 0 Å². The molecule has 108 valence electrons. The summed E-state index contributed by atoms with van der Waals surface area (Å²) in [6, 6.07) is 4.86. The predicted octanol–water partition coefficient (Wildman–Crippen LogP) is 2.39. The summed E-state index contributed by atoms with van der Waals surface area (Å²) >= 11 is 3.35. The SMILES string of the molecule is COc1ccc(Br)c(C(=O)N2CCC(C(=O)O)C2C)c1. The van der Waals surface area contributed by atoms with E-state index in [1.165, 1.54) is 7.11 Å². The van der Waals surface area contributed by atoms with E-state index in [4.69, 9.17) is 9.84 Å². The van der Waals surface area contributed by atoms with Gasteiger partial charge in [-0.1, -0.05) is 0 Å². The van der Waals surface area contributed by atoms with Gasteiger partial charge in [0.05, 0.1) is 18.6 Å². The van der Waals surface area contributed by atoms with Crippen LogP contribution >= 0.6 is 15.9 Å². The van der Waals surface area contributed by atoms with Gasteiger partial charge < -0.3 is 14.7 Å². The Morgan fingerprint density at radius 1 is 1.45 bits per heavy atom. The fourth-order valence-electron chi connectivity index (χ4n) is 2.51. The molecule has 1 aromatic rings. The van der Waals surface area contributed by atoms with Crippen LogP contribution in [0.2, 0.25) is 0 Å². The Balaban J connectivity index is 2.26. The highest BCUT2D eigenvalue weighted by atomic mass is 79.9. The maximum atomic E-state index is 12.6. The first-order valence-electron chi connectivity index (χ1n) is 6.33. The summed E-state index contributed by atoms with van der Waals surface area (Å²) in [5, 5.41) is 9.12. The predicted molar refractivity (Wildman–Crippen MR) is 76.9 cm³/mol. The van der Waals surface area contributed by atoms with Gasteiger partial charge in [0.2, 0.25) is 0 Å². The van der Waals surface area contributed by atoms with Gasteiger partial charge >= 0.3 is 5.97 Å². The quantitative estimate of drug-likeness (QED) is 0.916. The van der Waals surface area contributed by atoms with Gasteiger partial charge in [-0.2, -0.15) is 0 Å². The second-order valence-electron chi connectivity index (χ2n) is 4.82. The van der Waals surface area contributed by atoms with Crippen LogP contribution in [0.3, 0.4) is 0 Å². The summed E-state index contributed by atoms with van der Waals surface area (Å²) < 4.78 is 5.80. The molecule has 0 aromatic heterocycles. The fraction of sp³-hybridized carbons (Fsp3) is 0.429. The molecular weight excluding hydrogens is 326 g/mol. The third-order valence-electron chi connectivity index (χ3n) is 3.74. The van der Waals surface area contributed by atoms with Crippen molar-refractivity contribution in [2.75, 3.05) is 13.7 Å². The number of hydrogen-bond donors (Lipinski definition) is 1. The van der Waals surface area contributed by atoms with E-state index in [-0.39, 0.29) is 11.9 Å². The maximum Gasteiger partial charge on any atom is 0.308 e. The topological polar surface area (TPSA) is 66.8 Å². The zero-order valence-corrected chi connectivity index (χ0v) is 12.9. The van der Waals surface area contributed by atoms with E-state index in [1.807, 2.05) is 0 Å². The summed E-state index contributed by atoms with van der Waals surface area (Å²) in [7, 11) is 1.54. The van der Waals surface area contributed by atoms with E-state index in [2.05, 4.69) is 15.9 Å². The summed E-state index contributed by atoms with van der Waals surface area (Å²) in [4.78, 5) is 25.3. The normalized spacial score (nSPS) is 21.9. The minimum atomic E-state index is -0.850. The lowest BCUT2D eigenvalue weighted by molar-refractivity contribution is -0.142. The molecule has 0 saturated carbocycles. The first-order valence-corrected chi connectivity index (χ1v) is 7.12. The van der Waals surface area contributed by atoms with Crippen molar-refractivity contribution in [3.63, 3.8) is 0 Å². The van der Waals surface area contributed by atoms with Crippen molar-refractivity contribution in [3.05, 3.63) is 28.2 Å². The molecule has 2 rings (SSSR count). The van der Waals surface area contributed by atoms with E-state index in [9.17, 15) is 9.59 Å². The standard InChI is InChI=1S/C14H16BrNO4/c1-8-10(14(18)19)5-6-16(8)13(17)11-7-9(20-2)3-4-12(11)15/h3-4,7-8,10H,5-6H2,1-2H3,(H,18,19). The molecule has 1 amide bonds. The summed E-state index contributed by atoms with van der Waals surface area (Å²) in [6.45, 7) is 2.23. The number of carboxylic acid groups (broad SMARTS) is 1. The van der Waals surface area contributed by atoms with Gasteiger partial charge in [-0.3, -0.25) is 9.59 Å². The molecule has 1 aliphatic rings. The number of hydrogen-bond acceptors (Lipinski definition) is 3. The Morgan fingerprint density at radius 2 is 2.15 bits per heavy atom. The molecule has 5 nitrogen and oxygen atoms in total. The van der Waals surface area contributed by atoms with E-state index in [0.717, 1.165) is 0 Å². The van der Waals surface area contributed by atoms with Crippen LogP contribution < -0.4 is 4.74 Å². The molecule has 0 aliphatic carbocycles. The average Bonchev–Trinajstić information content (AvgIpc) is 2.80. The molecule has 0 radical (unpaired) electrons. The third-order valence-corrected chi connectivity index (χ3v) is 4.43. The lowest BCUT2D eigenvalue weighted by Crippen LogP contribution is -2.37. The number of carboxylic acids is 1. The number of benzene rings is 1. The number of halogens is 1. The van der Waals surface area contributed by atoms with Crippen LogP contribution in [0.4, 0.5) is 0 Å². The molecule has 1 aliphatic heterocycles. The highest BCUT2D eigenvalue weighted by molar-refractivity contribution is 9.10. The molecule has 1 N–H and O–H groups in total. The highest BCUT2D eigenvalue weighted by Crippen LogP contribution is 2.29. The zero-order chi connectivity index (χ0) is 14.9. The minimum Gasteiger partial charge on any atom is -0.497 e. The van der Waals surface area contributed by atoms with Crippen molar-refractivity contribution in [3.8, 4) is 5.75 Å². The van der Waals surface area contributed by atoms with E-state index in [0.29, 0.717) is 28.8 Å². The smallest absolute Gasteiger partial charge is 0.308 e. The van der Waals surface area contributed by atoms with Gasteiger partial charge in [0.1, 0.15) is 5.75 Å². The van der Waals surface area contributed by atoms with E-state index in [1.54, 1.807) is 30.0 Å². The van der Waals surface area contributed by atoms with Crippen molar-refractivity contribution in [1.82, 2.24) is 4.90 Å². The number of carbonyl (C=O) groups excluding carboxylic acids is 1. The summed E-state index contributed by atoms with van der Waals surface area (Å²) in [6.07, 6.45) is 0.490. The molecule has 0 spiro atoms. The highest BCUT2D eigenvalue weighted by Gasteiger charge is 2.38. The van der Waals surface area contributed by atoms with Crippen molar-refractivity contribution in [1.29, 1.82) is 0 Å². The van der Waals surface area contributed by atoms with Crippen LogP contribution in [0.5, 0.6) is 5.75 Å². The molecule has 2 unspecified atom stereocenters. The van der Waals surface area contributed by atoms with Crippen LogP contribution in [0, 0.1) is 5.92 Å². The largest absolute Gasteiger partial charge is 0.497 e. The maximum absolute atomic E-state index is 12.6. The van der Waals surface area contributed by atoms with Crippen molar-refractivity contribution < 1.29 is 19.4 Å². The Bertz CT molecular complexity index is 546. The first kappa shape index (κ1) is 14.8.